The maximum atomic E-state index is 6.14. The van der Waals surface area contributed by atoms with Gasteiger partial charge in [0.15, 0.2) is 0 Å². The van der Waals surface area contributed by atoms with Crippen molar-refractivity contribution in [2.24, 2.45) is 5.90 Å². The first-order valence-corrected chi connectivity index (χ1v) is 5.16. The Kier molecular flexibility index (Phi) is 4.39. The summed E-state index contributed by atoms with van der Waals surface area (Å²) < 4.78 is 0. The van der Waals surface area contributed by atoms with Gasteiger partial charge in [0.05, 0.1) is 6.61 Å². The minimum absolute atomic E-state index is 0.403. The van der Waals surface area contributed by atoms with Gasteiger partial charge in [-0.05, 0) is 29.5 Å². The molecule has 0 bridgehead atoms. The van der Waals surface area contributed by atoms with E-state index >= 15 is 0 Å². The van der Waals surface area contributed by atoms with Gasteiger partial charge in [0, 0.05) is 5.02 Å². The Morgan fingerprint density at radius 2 is 2.21 bits per heavy atom. The van der Waals surface area contributed by atoms with E-state index in [4.69, 9.17) is 17.5 Å². The molecule has 0 radical (unpaired) electrons. The highest BCUT2D eigenvalue weighted by Gasteiger charge is 2.07. The fourth-order valence-corrected chi connectivity index (χ4v) is 1.77. The standard InChI is InChI=1S/C11H16ClNO/c1-3-8(2)10-5-4-9(7-14-13)6-11(10)12/h4-6,8H,3,7,13H2,1-2H3. The van der Waals surface area contributed by atoms with E-state index < -0.39 is 0 Å². The quantitative estimate of drug-likeness (QED) is 0.780. The molecule has 78 valence electrons. The number of nitrogens with two attached hydrogens (primary N) is 1. The number of hydrogen-bond acceptors (Lipinski definition) is 2. The normalized spacial score (nSPS) is 12.9. The van der Waals surface area contributed by atoms with Crippen LogP contribution in [0.3, 0.4) is 0 Å². The van der Waals surface area contributed by atoms with Crippen molar-refractivity contribution in [1.82, 2.24) is 0 Å². The SMILES string of the molecule is CCC(C)c1ccc(CON)cc1Cl. The highest BCUT2D eigenvalue weighted by atomic mass is 35.5. The van der Waals surface area contributed by atoms with Crippen LogP contribution in [0.1, 0.15) is 37.3 Å². The van der Waals surface area contributed by atoms with Crippen LogP contribution in [0.5, 0.6) is 0 Å². The van der Waals surface area contributed by atoms with Crippen molar-refractivity contribution in [3.8, 4) is 0 Å². The predicted molar refractivity (Wildman–Crippen MR) is 59.1 cm³/mol. The predicted octanol–water partition coefficient (Wildman–Crippen LogP) is 3.24. The zero-order chi connectivity index (χ0) is 10.6. The molecule has 14 heavy (non-hydrogen) atoms. The summed E-state index contributed by atoms with van der Waals surface area (Å²) in [6.07, 6.45) is 1.09. The summed E-state index contributed by atoms with van der Waals surface area (Å²) in [5, 5.41) is 0.800. The molecule has 2 N–H and O–H groups in total. The second-order valence-electron chi connectivity index (χ2n) is 3.48. The summed E-state index contributed by atoms with van der Waals surface area (Å²) in [6.45, 7) is 4.72. The van der Waals surface area contributed by atoms with Crippen LogP contribution in [0, 0.1) is 0 Å². The second-order valence-corrected chi connectivity index (χ2v) is 3.88. The van der Waals surface area contributed by atoms with Gasteiger partial charge in [-0.15, -0.1) is 0 Å². The molecule has 0 aliphatic heterocycles. The summed E-state index contributed by atoms with van der Waals surface area (Å²) in [5.74, 6) is 5.49. The van der Waals surface area contributed by atoms with E-state index in [-0.39, 0.29) is 0 Å². The van der Waals surface area contributed by atoms with Gasteiger partial charge in [-0.2, -0.15) is 0 Å². The first-order chi connectivity index (χ1) is 6.69. The monoisotopic (exact) mass is 213 g/mol. The number of halogens is 1. The number of rotatable bonds is 4. The maximum Gasteiger partial charge on any atom is 0.0930 e. The molecule has 1 aromatic rings. The van der Waals surface area contributed by atoms with Gasteiger partial charge in [0.2, 0.25) is 0 Å². The minimum atomic E-state index is 0.403. The summed E-state index contributed by atoms with van der Waals surface area (Å²) in [4.78, 5) is 4.55. The molecule has 0 aliphatic carbocycles. The van der Waals surface area contributed by atoms with Gasteiger partial charge < -0.3 is 0 Å². The fraction of sp³-hybridized carbons (Fsp3) is 0.455. The third kappa shape index (κ3) is 2.71. The van der Waals surface area contributed by atoms with E-state index in [2.05, 4.69) is 18.7 Å². The Hall–Kier alpha value is -0.570. The molecule has 0 aromatic heterocycles. The highest BCUT2D eigenvalue weighted by molar-refractivity contribution is 6.31. The topological polar surface area (TPSA) is 35.2 Å². The molecule has 2 nitrogen and oxygen atoms in total. The van der Waals surface area contributed by atoms with Crippen LogP contribution >= 0.6 is 11.6 Å². The van der Waals surface area contributed by atoms with Crippen LogP contribution in [0.25, 0.3) is 0 Å². The van der Waals surface area contributed by atoms with E-state index in [0.717, 1.165) is 17.0 Å². The lowest BCUT2D eigenvalue weighted by Gasteiger charge is -2.12. The smallest absolute Gasteiger partial charge is 0.0930 e. The summed E-state index contributed by atoms with van der Waals surface area (Å²) in [6, 6.07) is 5.96. The Labute approximate surface area is 90.0 Å². The number of benzene rings is 1. The molecule has 0 amide bonds. The van der Waals surface area contributed by atoms with E-state index in [1.165, 1.54) is 5.56 Å². The molecule has 3 heteroatoms. The molecular weight excluding hydrogens is 198 g/mol. The molecule has 1 unspecified atom stereocenters. The Balaban J connectivity index is 2.89. The maximum absolute atomic E-state index is 6.14. The van der Waals surface area contributed by atoms with Crippen molar-refractivity contribution in [2.45, 2.75) is 32.8 Å². The van der Waals surface area contributed by atoms with Gasteiger partial charge in [0.1, 0.15) is 0 Å². The Morgan fingerprint density at radius 3 is 2.71 bits per heavy atom. The van der Waals surface area contributed by atoms with Crippen LogP contribution in [-0.2, 0) is 11.4 Å². The molecule has 0 fully saturated rings. The summed E-state index contributed by atoms with van der Waals surface area (Å²) >= 11 is 6.14. The van der Waals surface area contributed by atoms with Gasteiger partial charge in [-0.3, -0.25) is 4.84 Å². The Morgan fingerprint density at radius 1 is 1.50 bits per heavy atom. The van der Waals surface area contributed by atoms with Crippen molar-refractivity contribution in [1.29, 1.82) is 0 Å². The molecule has 1 atom stereocenters. The van der Waals surface area contributed by atoms with E-state index in [1.807, 2.05) is 18.2 Å². The van der Waals surface area contributed by atoms with Crippen LogP contribution in [-0.4, -0.2) is 0 Å². The molecule has 0 saturated heterocycles. The third-order valence-electron chi connectivity index (χ3n) is 2.46. The highest BCUT2D eigenvalue weighted by Crippen LogP contribution is 2.27. The lowest BCUT2D eigenvalue weighted by Crippen LogP contribution is -2.00. The third-order valence-corrected chi connectivity index (χ3v) is 2.79. The average molecular weight is 214 g/mol. The van der Waals surface area contributed by atoms with Crippen LogP contribution < -0.4 is 5.90 Å². The first kappa shape index (κ1) is 11.5. The molecule has 0 spiro atoms. The Bertz CT molecular complexity index is 301. The van der Waals surface area contributed by atoms with E-state index in [9.17, 15) is 0 Å². The number of hydrogen-bond donors (Lipinski definition) is 1. The van der Waals surface area contributed by atoms with Crippen LogP contribution in [0.2, 0.25) is 5.02 Å². The van der Waals surface area contributed by atoms with Crippen LogP contribution in [0.15, 0.2) is 18.2 Å². The molecule has 0 saturated carbocycles. The molecule has 0 aliphatic rings. The zero-order valence-corrected chi connectivity index (χ0v) is 9.34. The first-order valence-electron chi connectivity index (χ1n) is 4.79. The fourth-order valence-electron chi connectivity index (χ4n) is 1.38. The molecule has 1 aromatic carbocycles. The van der Waals surface area contributed by atoms with Gasteiger partial charge >= 0.3 is 0 Å². The molecular formula is C11H16ClNO. The lowest BCUT2D eigenvalue weighted by molar-refractivity contribution is 0.124. The average Bonchev–Trinajstić information content (AvgIpc) is 2.17. The minimum Gasteiger partial charge on any atom is -0.300 e. The van der Waals surface area contributed by atoms with Crippen molar-refractivity contribution >= 4 is 11.6 Å². The van der Waals surface area contributed by atoms with E-state index in [1.54, 1.807) is 0 Å². The largest absolute Gasteiger partial charge is 0.300 e. The van der Waals surface area contributed by atoms with Crippen molar-refractivity contribution < 1.29 is 4.84 Å². The van der Waals surface area contributed by atoms with Gasteiger partial charge in [0.25, 0.3) is 0 Å². The van der Waals surface area contributed by atoms with E-state index in [0.29, 0.717) is 12.5 Å². The lowest BCUT2D eigenvalue weighted by atomic mass is 9.97. The van der Waals surface area contributed by atoms with Crippen molar-refractivity contribution in [3.63, 3.8) is 0 Å². The molecule has 1 rings (SSSR count). The van der Waals surface area contributed by atoms with Crippen molar-refractivity contribution in [3.05, 3.63) is 34.3 Å². The zero-order valence-electron chi connectivity index (χ0n) is 8.59. The summed E-state index contributed by atoms with van der Waals surface area (Å²) in [5.41, 5.74) is 2.19. The molecule has 0 heterocycles. The van der Waals surface area contributed by atoms with Crippen molar-refractivity contribution in [2.75, 3.05) is 0 Å². The summed E-state index contributed by atoms with van der Waals surface area (Å²) in [7, 11) is 0. The van der Waals surface area contributed by atoms with Gasteiger partial charge in [-0.1, -0.05) is 37.6 Å². The van der Waals surface area contributed by atoms with Crippen LogP contribution in [0.4, 0.5) is 0 Å². The van der Waals surface area contributed by atoms with Gasteiger partial charge in [-0.25, -0.2) is 5.90 Å². The second kappa shape index (κ2) is 5.35.